The summed E-state index contributed by atoms with van der Waals surface area (Å²) in [5.74, 6) is -2.00. The van der Waals surface area contributed by atoms with Crippen molar-refractivity contribution in [1.82, 2.24) is 14.8 Å². The number of rotatable bonds is 5. The lowest BCUT2D eigenvalue weighted by molar-refractivity contribution is -0.147. The van der Waals surface area contributed by atoms with E-state index in [0.29, 0.717) is 37.4 Å². The van der Waals surface area contributed by atoms with Crippen LogP contribution < -0.4 is 21.7 Å². The first kappa shape index (κ1) is 24.5. The summed E-state index contributed by atoms with van der Waals surface area (Å²) in [5.41, 5.74) is 12.1. The minimum Gasteiger partial charge on any atom is -0.461 e. The maximum Gasteiger partial charge on any atom is 0.302 e. The normalized spacial score (nSPS) is 18.3. The molecule has 0 radical (unpaired) electrons. The van der Waals surface area contributed by atoms with Crippen LogP contribution >= 0.6 is 11.3 Å². The van der Waals surface area contributed by atoms with Gasteiger partial charge in [-0.1, -0.05) is 17.4 Å². The van der Waals surface area contributed by atoms with Crippen molar-refractivity contribution in [2.24, 2.45) is 12.8 Å². The number of hydrogen-bond acceptors (Lipinski definition) is 9. The summed E-state index contributed by atoms with van der Waals surface area (Å²) in [5, 5.41) is 6.99. The highest BCUT2D eigenvalue weighted by molar-refractivity contribution is 7.19. The van der Waals surface area contributed by atoms with E-state index < -0.39 is 23.6 Å². The average molecular weight is 506 g/mol. The number of amides is 1. The standard InChI is InChI=1S/C22H25F2N7O3S/c1-11(32)34-16-7-9-31(8-6-14(16)25)22-15(10-27-30(22)2)28-20(33)18-19(26)35-21(29-18)17-12(23)4-3-5-13(17)24/h3-5,10,14,16H,6-9,25-26H2,1-2H3,(H,28,33)/t14-,16+/m0/s1. The molecule has 0 saturated carbocycles. The number of anilines is 3. The first-order valence-corrected chi connectivity index (χ1v) is 11.7. The van der Waals surface area contributed by atoms with Crippen LogP contribution in [0, 0.1) is 11.6 Å². The number of hydrogen-bond donors (Lipinski definition) is 3. The van der Waals surface area contributed by atoms with Gasteiger partial charge in [-0.25, -0.2) is 13.8 Å². The lowest BCUT2D eigenvalue weighted by atomic mass is 10.1. The molecule has 1 aliphatic rings. The lowest BCUT2D eigenvalue weighted by Gasteiger charge is -2.24. The number of nitrogens with two attached hydrogens (primary N) is 2. The van der Waals surface area contributed by atoms with Gasteiger partial charge in [0.05, 0.1) is 11.8 Å². The molecule has 10 nitrogen and oxygen atoms in total. The largest absolute Gasteiger partial charge is 0.461 e. The van der Waals surface area contributed by atoms with E-state index in [1.54, 1.807) is 11.7 Å². The average Bonchev–Trinajstić information content (AvgIpc) is 3.29. The molecule has 0 unspecified atom stereocenters. The van der Waals surface area contributed by atoms with Crippen molar-refractivity contribution < 1.29 is 23.1 Å². The third kappa shape index (κ3) is 5.10. The van der Waals surface area contributed by atoms with Crippen LogP contribution in [0.25, 0.3) is 10.6 Å². The number of aromatic nitrogens is 3. The first-order valence-electron chi connectivity index (χ1n) is 10.9. The van der Waals surface area contributed by atoms with Gasteiger partial charge in [-0.05, 0) is 18.6 Å². The first-order chi connectivity index (χ1) is 16.7. The third-order valence-electron chi connectivity index (χ3n) is 5.71. The van der Waals surface area contributed by atoms with Gasteiger partial charge in [-0.2, -0.15) is 5.10 Å². The zero-order valence-corrected chi connectivity index (χ0v) is 19.9. The number of thiazole rings is 1. The summed E-state index contributed by atoms with van der Waals surface area (Å²) >= 11 is 0.819. The molecule has 0 spiro atoms. The Bertz CT molecular complexity index is 1240. The molecule has 1 saturated heterocycles. The van der Waals surface area contributed by atoms with Crippen LogP contribution in [0.4, 0.5) is 25.3 Å². The van der Waals surface area contributed by atoms with E-state index in [9.17, 15) is 18.4 Å². The fraction of sp³-hybridized carbons (Fsp3) is 0.364. The van der Waals surface area contributed by atoms with E-state index in [2.05, 4.69) is 15.4 Å². The number of carbonyl (C=O) groups excluding carboxylic acids is 2. The summed E-state index contributed by atoms with van der Waals surface area (Å²) in [6, 6.07) is 3.14. The van der Waals surface area contributed by atoms with Gasteiger partial charge >= 0.3 is 5.97 Å². The Labute approximate surface area is 203 Å². The van der Waals surface area contributed by atoms with Gasteiger partial charge in [0.2, 0.25) is 0 Å². The van der Waals surface area contributed by atoms with Crippen LogP contribution in [0.2, 0.25) is 0 Å². The molecule has 13 heteroatoms. The Kier molecular flexibility index (Phi) is 6.98. The van der Waals surface area contributed by atoms with Crippen molar-refractivity contribution >= 4 is 39.7 Å². The number of nitrogen functional groups attached to an aromatic ring is 1. The molecule has 186 valence electrons. The van der Waals surface area contributed by atoms with Crippen LogP contribution in [0.3, 0.4) is 0 Å². The molecular formula is C22H25F2N7O3S. The lowest BCUT2D eigenvalue weighted by Crippen LogP contribution is -2.37. The number of benzene rings is 1. The maximum absolute atomic E-state index is 14.2. The number of halogens is 2. The second-order valence-electron chi connectivity index (χ2n) is 8.16. The molecule has 2 atom stereocenters. The zero-order valence-electron chi connectivity index (χ0n) is 19.1. The predicted octanol–water partition coefficient (Wildman–Crippen LogP) is 2.52. The van der Waals surface area contributed by atoms with Gasteiger partial charge in [-0.3, -0.25) is 14.3 Å². The van der Waals surface area contributed by atoms with E-state index in [0.717, 1.165) is 23.5 Å². The molecule has 0 bridgehead atoms. The Morgan fingerprint density at radius 3 is 2.60 bits per heavy atom. The predicted molar refractivity (Wildman–Crippen MR) is 128 cm³/mol. The number of carbonyl (C=O) groups is 2. The topological polar surface area (TPSA) is 141 Å². The minimum atomic E-state index is -0.799. The molecule has 5 N–H and O–H groups in total. The molecule has 3 heterocycles. The van der Waals surface area contributed by atoms with Crippen molar-refractivity contribution in [2.75, 3.05) is 29.0 Å². The van der Waals surface area contributed by atoms with Crippen LogP contribution in [0.15, 0.2) is 24.4 Å². The summed E-state index contributed by atoms with van der Waals surface area (Å²) in [4.78, 5) is 30.5. The smallest absolute Gasteiger partial charge is 0.302 e. The van der Waals surface area contributed by atoms with Gasteiger partial charge in [0.1, 0.15) is 33.4 Å². The van der Waals surface area contributed by atoms with Gasteiger partial charge in [-0.15, -0.1) is 0 Å². The highest BCUT2D eigenvalue weighted by Crippen LogP contribution is 2.34. The van der Waals surface area contributed by atoms with E-state index in [1.807, 2.05) is 4.90 Å². The molecule has 4 rings (SSSR count). The number of ether oxygens (including phenoxy) is 1. The summed E-state index contributed by atoms with van der Waals surface area (Å²) < 4.78 is 35.3. The summed E-state index contributed by atoms with van der Waals surface area (Å²) in [6.45, 7) is 2.42. The van der Waals surface area contributed by atoms with Crippen molar-refractivity contribution in [3.05, 3.63) is 41.7 Å². The van der Waals surface area contributed by atoms with Crippen molar-refractivity contribution in [2.45, 2.75) is 31.9 Å². The van der Waals surface area contributed by atoms with Gasteiger partial charge in [0.25, 0.3) is 5.91 Å². The Morgan fingerprint density at radius 1 is 1.23 bits per heavy atom. The molecule has 2 aromatic heterocycles. The van der Waals surface area contributed by atoms with Gasteiger partial charge < -0.3 is 26.4 Å². The Balaban J connectivity index is 1.55. The monoisotopic (exact) mass is 505 g/mol. The minimum absolute atomic E-state index is 0.0237. The molecule has 1 amide bonds. The Hall–Kier alpha value is -3.58. The van der Waals surface area contributed by atoms with Gasteiger partial charge in [0.15, 0.2) is 11.5 Å². The molecular weight excluding hydrogens is 480 g/mol. The second-order valence-corrected chi connectivity index (χ2v) is 9.19. The number of aryl methyl sites for hydroxylation is 1. The molecule has 1 aromatic carbocycles. The molecule has 1 aliphatic heterocycles. The van der Waals surface area contributed by atoms with E-state index in [4.69, 9.17) is 16.2 Å². The Morgan fingerprint density at radius 2 is 1.91 bits per heavy atom. The van der Waals surface area contributed by atoms with Crippen LogP contribution in [0.5, 0.6) is 0 Å². The molecule has 1 fully saturated rings. The SMILES string of the molecule is CC(=O)O[C@@H]1CCN(c2c(NC(=O)c3nc(-c4c(F)cccc4F)sc3N)cnn2C)CC[C@@H]1N. The van der Waals surface area contributed by atoms with Crippen molar-refractivity contribution in [3.63, 3.8) is 0 Å². The fourth-order valence-electron chi connectivity index (χ4n) is 4.05. The second kappa shape index (κ2) is 9.96. The number of nitrogens with zero attached hydrogens (tertiary/aromatic N) is 4. The fourth-order valence-corrected chi connectivity index (χ4v) is 4.93. The maximum atomic E-state index is 14.2. The van der Waals surface area contributed by atoms with Crippen molar-refractivity contribution in [3.8, 4) is 10.6 Å². The van der Waals surface area contributed by atoms with Crippen LogP contribution in [-0.4, -0.2) is 51.9 Å². The summed E-state index contributed by atoms with van der Waals surface area (Å²) in [7, 11) is 1.73. The number of esters is 1. The zero-order chi connectivity index (χ0) is 25.3. The van der Waals surface area contributed by atoms with Crippen molar-refractivity contribution in [1.29, 1.82) is 0 Å². The van der Waals surface area contributed by atoms with Crippen LogP contribution in [0.1, 0.15) is 30.3 Å². The van der Waals surface area contributed by atoms with E-state index in [-0.39, 0.29) is 33.3 Å². The summed E-state index contributed by atoms with van der Waals surface area (Å²) in [6.07, 6.45) is 2.15. The van der Waals surface area contributed by atoms with Crippen LogP contribution in [-0.2, 0) is 16.6 Å². The molecule has 35 heavy (non-hydrogen) atoms. The quantitative estimate of drug-likeness (QED) is 0.449. The molecule has 0 aliphatic carbocycles. The van der Waals surface area contributed by atoms with Gasteiger partial charge in [0, 0.05) is 39.5 Å². The number of nitrogens with one attached hydrogen (secondary N) is 1. The third-order valence-corrected chi connectivity index (χ3v) is 6.61. The van der Waals surface area contributed by atoms with E-state index in [1.165, 1.54) is 19.2 Å². The highest BCUT2D eigenvalue weighted by atomic mass is 32.1. The molecule has 3 aromatic rings. The highest BCUT2D eigenvalue weighted by Gasteiger charge is 2.29. The van der Waals surface area contributed by atoms with E-state index >= 15 is 0 Å².